The van der Waals surface area contributed by atoms with Crippen LogP contribution in [0.15, 0.2) is 24.3 Å². The molecule has 0 heterocycles. The monoisotopic (exact) mass is 249 g/mol. The quantitative estimate of drug-likeness (QED) is 0.834. The van der Waals surface area contributed by atoms with Crippen molar-refractivity contribution >= 4 is 6.09 Å². The Morgan fingerprint density at radius 1 is 1.28 bits per heavy atom. The van der Waals surface area contributed by atoms with Gasteiger partial charge in [0.2, 0.25) is 0 Å². The van der Waals surface area contributed by atoms with Crippen LogP contribution in [0.1, 0.15) is 26.3 Å². The van der Waals surface area contributed by atoms with Gasteiger partial charge in [-0.05, 0) is 45.4 Å². The first-order chi connectivity index (χ1) is 8.37. The minimum absolute atomic E-state index is 0.378. The Morgan fingerprint density at radius 2 is 1.89 bits per heavy atom. The minimum atomic E-state index is -0.484. The number of carbonyl (C=O) groups excluding carboxylic acids is 1. The predicted octanol–water partition coefficient (Wildman–Crippen LogP) is 2.65. The number of alkyl carbamates (subject to hydrolysis) is 1. The number of nitrogens with one attached hydrogen (secondary N) is 1. The van der Waals surface area contributed by atoms with Gasteiger partial charge in [-0.15, -0.1) is 0 Å². The Labute approximate surface area is 108 Å². The van der Waals surface area contributed by atoms with Gasteiger partial charge < -0.3 is 14.8 Å². The van der Waals surface area contributed by atoms with Crippen LogP contribution in [0.25, 0.3) is 0 Å². The Hall–Kier alpha value is -1.71. The maximum atomic E-state index is 11.3. The Kier molecular flexibility index (Phi) is 5.01. The molecule has 98 valence electrons. The highest BCUT2D eigenvalue weighted by molar-refractivity contribution is 5.67. The van der Waals surface area contributed by atoms with E-state index in [0.717, 1.165) is 5.75 Å². The fraction of sp³-hybridized carbons (Fsp3) is 0.429. The standard InChI is InChI=1S/C14H19NO3/c1-11-5-7-12(8-6-11)17-10-9-15-13(16)18-14(2,3)4/h1,5-8H,9-10H2,2-4H3,(H,15,16). The maximum absolute atomic E-state index is 11.3. The average Bonchev–Trinajstić information content (AvgIpc) is 2.24. The van der Waals surface area contributed by atoms with Crippen LogP contribution in [0.5, 0.6) is 5.75 Å². The number of ether oxygens (including phenoxy) is 2. The summed E-state index contributed by atoms with van der Waals surface area (Å²) >= 11 is 0. The number of carbonyl (C=O) groups is 1. The molecule has 18 heavy (non-hydrogen) atoms. The van der Waals surface area contributed by atoms with Crippen LogP contribution >= 0.6 is 0 Å². The molecule has 4 nitrogen and oxygen atoms in total. The fourth-order valence-corrected chi connectivity index (χ4v) is 1.20. The molecule has 0 aliphatic heterocycles. The lowest BCUT2D eigenvalue weighted by Crippen LogP contribution is -2.34. The van der Waals surface area contributed by atoms with Crippen molar-refractivity contribution in [1.29, 1.82) is 0 Å². The summed E-state index contributed by atoms with van der Waals surface area (Å²) in [5.74, 6) is 0.718. The SMILES string of the molecule is [CH]c1ccc(OCCNC(=O)OC(C)(C)C)cc1. The second-order valence-corrected chi connectivity index (χ2v) is 4.85. The molecule has 4 heteroatoms. The number of hydrogen-bond acceptors (Lipinski definition) is 3. The van der Waals surface area contributed by atoms with E-state index in [1.54, 1.807) is 24.3 Å². The molecule has 0 aliphatic rings. The molecule has 1 aromatic rings. The molecule has 0 aromatic heterocycles. The molecule has 0 aliphatic carbocycles. The van der Waals surface area contributed by atoms with E-state index in [-0.39, 0.29) is 0 Å². The summed E-state index contributed by atoms with van der Waals surface area (Å²) in [5.41, 5.74) is 0.205. The normalized spacial score (nSPS) is 10.9. The molecule has 1 N–H and O–H groups in total. The Morgan fingerprint density at radius 3 is 2.44 bits per heavy atom. The lowest BCUT2D eigenvalue weighted by Gasteiger charge is -2.19. The minimum Gasteiger partial charge on any atom is -0.492 e. The molecule has 0 unspecified atom stereocenters. The van der Waals surface area contributed by atoms with Crippen LogP contribution in [0, 0.1) is 6.92 Å². The molecular weight excluding hydrogens is 230 g/mol. The van der Waals surface area contributed by atoms with E-state index in [9.17, 15) is 4.79 Å². The van der Waals surface area contributed by atoms with Gasteiger partial charge in [0.05, 0.1) is 6.54 Å². The molecule has 2 radical (unpaired) electrons. The van der Waals surface area contributed by atoms with E-state index in [1.807, 2.05) is 20.8 Å². The van der Waals surface area contributed by atoms with Gasteiger partial charge >= 0.3 is 6.09 Å². The summed E-state index contributed by atoms with van der Waals surface area (Å²) in [6.07, 6.45) is -0.441. The van der Waals surface area contributed by atoms with Crippen molar-refractivity contribution in [1.82, 2.24) is 5.32 Å². The van der Waals surface area contributed by atoms with Crippen molar-refractivity contribution in [2.45, 2.75) is 26.4 Å². The molecular formula is C14H19NO3. The largest absolute Gasteiger partial charge is 0.492 e. The summed E-state index contributed by atoms with van der Waals surface area (Å²) < 4.78 is 10.5. The number of hydrogen-bond donors (Lipinski definition) is 1. The lowest BCUT2D eigenvalue weighted by atomic mass is 10.2. The third-order valence-corrected chi connectivity index (χ3v) is 1.92. The zero-order valence-corrected chi connectivity index (χ0v) is 11.0. The van der Waals surface area contributed by atoms with Crippen LogP contribution in [-0.4, -0.2) is 24.8 Å². The van der Waals surface area contributed by atoms with Gasteiger partial charge in [0.25, 0.3) is 0 Å². The van der Waals surface area contributed by atoms with Gasteiger partial charge in [-0.25, -0.2) is 4.79 Å². The summed E-state index contributed by atoms with van der Waals surface area (Å²) in [6.45, 7) is 11.8. The summed E-state index contributed by atoms with van der Waals surface area (Å²) in [4.78, 5) is 11.3. The van der Waals surface area contributed by atoms with E-state index < -0.39 is 11.7 Å². The first-order valence-corrected chi connectivity index (χ1v) is 5.82. The van der Waals surface area contributed by atoms with Crippen molar-refractivity contribution in [2.24, 2.45) is 0 Å². The summed E-state index contributed by atoms with van der Waals surface area (Å²) in [5, 5.41) is 2.61. The van der Waals surface area contributed by atoms with Gasteiger partial charge in [0.1, 0.15) is 18.0 Å². The lowest BCUT2D eigenvalue weighted by molar-refractivity contribution is 0.0520. The van der Waals surface area contributed by atoms with Crippen molar-refractivity contribution in [3.63, 3.8) is 0 Å². The van der Waals surface area contributed by atoms with Gasteiger partial charge in [0.15, 0.2) is 0 Å². The third-order valence-electron chi connectivity index (χ3n) is 1.92. The van der Waals surface area contributed by atoms with E-state index >= 15 is 0 Å². The highest BCUT2D eigenvalue weighted by Crippen LogP contribution is 2.10. The average molecular weight is 249 g/mol. The Balaban J connectivity index is 2.19. The molecule has 1 rings (SSSR count). The van der Waals surface area contributed by atoms with E-state index in [4.69, 9.17) is 16.4 Å². The zero-order chi connectivity index (χ0) is 13.6. The second kappa shape index (κ2) is 6.28. The van der Waals surface area contributed by atoms with Crippen LogP contribution < -0.4 is 10.1 Å². The molecule has 0 atom stereocenters. The molecule has 0 saturated carbocycles. The molecule has 0 bridgehead atoms. The van der Waals surface area contributed by atoms with Crippen LogP contribution in [-0.2, 0) is 4.74 Å². The number of benzene rings is 1. The molecule has 0 saturated heterocycles. The van der Waals surface area contributed by atoms with Crippen molar-refractivity contribution in [3.8, 4) is 5.75 Å². The topological polar surface area (TPSA) is 47.6 Å². The van der Waals surface area contributed by atoms with E-state index in [2.05, 4.69) is 5.32 Å². The van der Waals surface area contributed by atoms with Crippen molar-refractivity contribution < 1.29 is 14.3 Å². The first kappa shape index (κ1) is 14.4. The smallest absolute Gasteiger partial charge is 0.407 e. The molecule has 0 fully saturated rings. The number of rotatable bonds is 4. The van der Waals surface area contributed by atoms with Crippen LogP contribution in [0.4, 0.5) is 4.79 Å². The van der Waals surface area contributed by atoms with Crippen molar-refractivity contribution in [2.75, 3.05) is 13.2 Å². The molecule has 1 aromatic carbocycles. The second-order valence-electron chi connectivity index (χ2n) is 4.85. The highest BCUT2D eigenvalue weighted by atomic mass is 16.6. The van der Waals surface area contributed by atoms with E-state index in [0.29, 0.717) is 18.7 Å². The molecule has 0 spiro atoms. The van der Waals surface area contributed by atoms with Gasteiger partial charge in [0, 0.05) is 0 Å². The van der Waals surface area contributed by atoms with Crippen LogP contribution in [0.3, 0.4) is 0 Å². The highest BCUT2D eigenvalue weighted by Gasteiger charge is 2.15. The molecule has 1 amide bonds. The Bertz CT molecular complexity index is 379. The van der Waals surface area contributed by atoms with Gasteiger partial charge in [-0.1, -0.05) is 12.1 Å². The van der Waals surface area contributed by atoms with Crippen molar-refractivity contribution in [3.05, 3.63) is 36.8 Å². The summed E-state index contributed by atoms with van der Waals surface area (Å²) in [7, 11) is 0. The summed E-state index contributed by atoms with van der Waals surface area (Å²) in [6, 6.07) is 7.08. The maximum Gasteiger partial charge on any atom is 0.407 e. The van der Waals surface area contributed by atoms with E-state index in [1.165, 1.54) is 0 Å². The van der Waals surface area contributed by atoms with Gasteiger partial charge in [-0.2, -0.15) is 0 Å². The first-order valence-electron chi connectivity index (χ1n) is 5.82. The van der Waals surface area contributed by atoms with Crippen LogP contribution in [0.2, 0.25) is 0 Å². The predicted molar refractivity (Wildman–Crippen MR) is 69.6 cm³/mol. The third kappa shape index (κ3) is 6.13. The number of amides is 1. The van der Waals surface area contributed by atoms with Gasteiger partial charge in [-0.3, -0.25) is 0 Å². The fourth-order valence-electron chi connectivity index (χ4n) is 1.20. The zero-order valence-electron chi connectivity index (χ0n) is 11.0.